The molecule has 6 heteroatoms. The molecule has 0 saturated carbocycles. The number of nitrogens with one attached hydrogen (secondary N) is 1. The van der Waals surface area contributed by atoms with E-state index in [4.69, 9.17) is 9.63 Å². The molecular formula is C5H14NO4P. The molecule has 0 saturated heterocycles. The van der Waals surface area contributed by atoms with E-state index in [-0.39, 0.29) is 13.2 Å². The summed E-state index contributed by atoms with van der Waals surface area (Å²) in [4.78, 5) is 0. The van der Waals surface area contributed by atoms with Crippen LogP contribution in [0.2, 0.25) is 0 Å². The normalized spacial score (nSPS) is 16.3. The fraction of sp³-hybridized carbons (Fsp3) is 1.00. The van der Waals surface area contributed by atoms with Gasteiger partial charge in [0.25, 0.3) is 0 Å². The zero-order chi connectivity index (χ0) is 8.74. The van der Waals surface area contributed by atoms with E-state index in [1.165, 1.54) is 14.2 Å². The van der Waals surface area contributed by atoms with Crippen LogP contribution in [0.1, 0.15) is 6.42 Å². The maximum atomic E-state index is 11.2. The van der Waals surface area contributed by atoms with Gasteiger partial charge in [-0.1, -0.05) is 0 Å². The van der Waals surface area contributed by atoms with Gasteiger partial charge in [0.05, 0.1) is 6.61 Å². The molecule has 1 atom stereocenters. The third-order valence-corrected chi connectivity index (χ3v) is 2.63. The Bertz CT molecular complexity index is 132. The van der Waals surface area contributed by atoms with E-state index in [9.17, 15) is 4.57 Å². The molecular weight excluding hydrogens is 169 g/mol. The van der Waals surface area contributed by atoms with Gasteiger partial charge in [0, 0.05) is 13.7 Å². The average molecular weight is 183 g/mol. The number of aliphatic hydroxyl groups is 1. The van der Waals surface area contributed by atoms with Gasteiger partial charge >= 0.3 is 7.75 Å². The molecule has 0 aliphatic carbocycles. The van der Waals surface area contributed by atoms with Crippen LogP contribution in [-0.2, 0) is 13.6 Å². The quantitative estimate of drug-likeness (QED) is 0.459. The second-order valence-corrected chi connectivity index (χ2v) is 3.88. The summed E-state index contributed by atoms with van der Waals surface area (Å²) >= 11 is 0. The predicted molar refractivity (Wildman–Crippen MR) is 41.3 cm³/mol. The van der Waals surface area contributed by atoms with Crippen LogP contribution in [0.3, 0.4) is 0 Å². The Hall–Kier alpha value is 0.0700. The van der Waals surface area contributed by atoms with E-state index < -0.39 is 7.75 Å². The largest absolute Gasteiger partial charge is 0.404 e. The van der Waals surface area contributed by atoms with Crippen LogP contribution in [0.5, 0.6) is 0 Å². The molecule has 0 aromatic rings. The van der Waals surface area contributed by atoms with Gasteiger partial charge in [-0.25, -0.2) is 9.65 Å². The maximum Gasteiger partial charge on any atom is 0.404 e. The Morgan fingerprint density at radius 2 is 2.27 bits per heavy atom. The smallest absolute Gasteiger partial charge is 0.396 e. The lowest BCUT2D eigenvalue weighted by atomic mass is 10.5. The highest BCUT2D eigenvalue weighted by Gasteiger charge is 2.18. The van der Waals surface area contributed by atoms with Crippen molar-refractivity contribution in [3.05, 3.63) is 0 Å². The van der Waals surface area contributed by atoms with Gasteiger partial charge in [-0.15, -0.1) is 0 Å². The first kappa shape index (κ1) is 11.1. The number of rotatable bonds is 6. The Labute approximate surface area is 66.3 Å². The lowest BCUT2D eigenvalue weighted by Gasteiger charge is -2.13. The predicted octanol–water partition coefficient (Wildman–Crippen LogP) is 0.359. The van der Waals surface area contributed by atoms with Crippen molar-refractivity contribution in [1.29, 1.82) is 0 Å². The number of hydrogen-bond donors (Lipinski definition) is 2. The van der Waals surface area contributed by atoms with Crippen LogP contribution in [0.15, 0.2) is 0 Å². The zero-order valence-electron chi connectivity index (χ0n) is 6.74. The van der Waals surface area contributed by atoms with Crippen molar-refractivity contribution < 1.29 is 18.7 Å². The van der Waals surface area contributed by atoms with Crippen LogP contribution < -0.4 is 5.09 Å². The molecule has 2 N–H and O–H groups in total. The highest BCUT2D eigenvalue weighted by Crippen LogP contribution is 2.41. The van der Waals surface area contributed by atoms with Gasteiger partial charge in [0.2, 0.25) is 0 Å². The molecule has 0 radical (unpaired) electrons. The summed E-state index contributed by atoms with van der Waals surface area (Å²) < 4.78 is 20.6. The topological polar surface area (TPSA) is 67.8 Å². The number of aliphatic hydroxyl groups excluding tert-OH is 1. The van der Waals surface area contributed by atoms with E-state index >= 15 is 0 Å². The maximum absolute atomic E-state index is 11.2. The van der Waals surface area contributed by atoms with Crippen LogP contribution in [0.4, 0.5) is 0 Å². The first-order valence-corrected chi connectivity index (χ1v) is 4.83. The molecule has 0 aliphatic heterocycles. The first-order chi connectivity index (χ1) is 5.18. The van der Waals surface area contributed by atoms with Crippen LogP contribution in [0, 0.1) is 0 Å². The SMILES string of the molecule is CNP(=O)(OC)OCCCO. The molecule has 0 aliphatic rings. The summed E-state index contributed by atoms with van der Waals surface area (Å²) in [5, 5.41) is 10.8. The van der Waals surface area contributed by atoms with Crippen molar-refractivity contribution >= 4 is 7.75 Å². The average Bonchev–Trinajstić information content (AvgIpc) is 2.05. The molecule has 0 heterocycles. The van der Waals surface area contributed by atoms with Crippen molar-refractivity contribution in [3.8, 4) is 0 Å². The van der Waals surface area contributed by atoms with Gasteiger partial charge < -0.3 is 9.63 Å². The minimum Gasteiger partial charge on any atom is -0.396 e. The standard InChI is InChI=1S/C5H14NO4P/c1-6-11(8,9-2)10-5-3-4-7/h7H,3-5H2,1-2H3,(H,6,8). The fourth-order valence-corrected chi connectivity index (χ4v) is 1.24. The van der Waals surface area contributed by atoms with Crippen molar-refractivity contribution in [2.45, 2.75) is 6.42 Å². The molecule has 11 heavy (non-hydrogen) atoms. The molecule has 5 nitrogen and oxygen atoms in total. The monoisotopic (exact) mass is 183 g/mol. The fourth-order valence-electron chi connectivity index (χ4n) is 0.458. The van der Waals surface area contributed by atoms with Crippen molar-refractivity contribution in [2.24, 2.45) is 0 Å². The van der Waals surface area contributed by atoms with E-state index in [0.29, 0.717) is 6.42 Å². The molecule has 1 unspecified atom stereocenters. The molecule has 0 aromatic heterocycles. The third-order valence-electron chi connectivity index (χ3n) is 1.08. The molecule has 0 rings (SSSR count). The van der Waals surface area contributed by atoms with Gasteiger partial charge in [-0.2, -0.15) is 0 Å². The van der Waals surface area contributed by atoms with E-state index in [1.54, 1.807) is 0 Å². The Morgan fingerprint density at radius 3 is 2.64 bits per heavy atom. The summed E-state index contributed by atoms with van der Waals surface area (Å²) in [6.45, 7) is 0.246. The summed E-state index contributed by atoms with van der Waals surface area (Å²) in [6.07, 6.45) is 0.453. The summed E-state index contributed by atoms with van der Waals surface area (Å²) in [7, 11) is -0.281. The Balaban J connectivity index is 3.61. The van der Waals surface area contributed by atoms with Gasteiger partial charge in [0.1, 0.15) is 0 Å². The highest BCUT2D eigenvalue weighted by molar-refractivity contribution is 7.51. The first-order valence-electron chi connectivity index (χ1n) is 3.28. The third kappa shape index (κ3) is 4.50. The van der Waals surface area contributed by atoms with E-state index in [0.717, 1.165) is 0 Å². The molecule has 0 amide bonds. The molecule has 0 aromatic carbocycles. The second-order valence-electron chi connectivity index (χ2n) is 1.81. The van der Waals surface area contributed by atoms with E-state index in [2.05, 4.69) is 9.61 Å². The van der Waals surface area contributed by atoms with Crippen molar-refractivity contribution in [1.82, 2.24) is 5.09 Å². The molecule has 0 bridgehead atoms. The lowest BCUT2D eigenvalue weighted by molar-refractivity contribution is 0.197. The number of hydrogen-bond acceptors (Lipinski definition) is 4. The minimum atomic E-state index is -3.07. The highest BCUT2D eigenvalue weighted by atomic mass is 31.2. The summed E-state index contributed by atoms with van der Waals surface area (Å²) in [6, 6.07) is 0. The van der Waals surface area contributed by atoms with Crippen molar-refractivity contribution in [3.63, 3.8) is 0 Å². The van der Waals surface area contributed by atoms with Gasteiger partial charge in [-0.05, 0) is 13.5 Å². The van der Waals surface area contributed by atoms with Crippen molar-refractivity contribution in [2.75, 3.05) is 27.4 Å². The summed E-state index contributed by atoms with van der Waals surface area (Å²) in [5.41, 5.74) is 0. The van der Waals surface area contributed by atoms with Gasteiger partial charge in [0.15, 0.2) is 0 Å². The molecule has 0 spiro atoms. The Morgan fingerprint density at radius 1 is 1.64 bits per heavy atom. The Kier molecular flexibility index (Phi) is 5.72. The van der Waals surface area contributed by atoms with Crippen LogP contribution in [0.25, 0.3) is 0 Å². The van der Waals surface area contributed by atoms with Crippen LogP contribution >= 0.6 is 7.75 Å². The van der Waals surface area contributed by atoms with E-state index in [1.807, 2.05) is 0 Å². The minimum absolute atomic E-state index is 0.0213. The molecule has 0 fully saturated rings. The summed E-state index contributed by atoms with van der Waals surface area (Å²) in [5.74, 6) is 0. The lowest BCUT2D eigenvalue weighted by Crippen LogP contribution is -2.09. The second kappa shape index (κ2) is 5.69. The van der Waals surface area contributed by atoms with Crippen LogP contribution in [-0.4, -0.2) is 32.5 Å². The zero-order valence-corrected chi connectivity index (χ0v) is 7.63. The molecule has 68 valence electrons. The van der Waals surface area contributed by atoms with Gasteiger partial charge in [-0.3, -0.25) is 4.52 Å².